The first-order valence-electron chi connectivity index (χ1n) is 4.27. The predicted octanol–water partition coefficient (Wildman–Crippen LogP) is 4.70. The summed E-state index contributed by atoms with van der Waals surface area (Å²) in [5, 5.41) is 1.83. The molecule has 0 atom stereocenters. The summed E-state index contributed by atoms with van der Waals surface area (Å²) in [7, 11) is 0. The van der Waals surface area contributed by atoms with Gasteiger partial charge in [0, 0.05) is 4.90 Å². The quantitative estimate of drug-likeness (QED) is 0.744. The first kappa shape index (κ1) is 12.2. The minimum Gasteiger partial charge on any atom is -0.228 e. The second-order valence-electron chi connectivity index (χ2n) is 2.82. The minimum absolute atomic E-state index is 0.393. The Hall–Kier alpha value is -0.290. The van der Waals surface area contributed by atoms with Gasteiger partial charge in [0.1, 0.15) is 16.5 Å². The van der Waals surface area contributed by atoms with Crippen molar-refractivity contribution < 1.29 is 0 Å². The molecule has 0 aliphatic heterocycles. The molecule has 1 aromatic carbocycles. The fourth-order valence-electron chi connectivity index (χ4n) is 1.04. The van der Waals surface area contributed by atoms with Gasteiger partial charge in [-0.3, -0.25) is 0 Å². The van der Waals surface area contributed by atoms with E-state index in [2.05, 4.69) is 25.9 Å². The van der Waals surface area contributed by atoms with Crippen LogP contribution in [0, 0.1) is 0 Å². The van der Waals surface area contributed by atoms with Crippen LogP contribution in [0.2, 0.25) is 10.2 Å². The molecular weight excluding hydrogens is 331 g/mol. The third-order valence-corrected chi connectivity index (χ3v) is 4.81. The minimum atomic E-state index is 0.393. The molecule has 1 heterocycles. The van der Waals surface area contributed by atoms with E-state index >= 15 is 0 Å². The van der Waals surface area contributed by atoms with Crippen molar-refractivity contribution in [2.45, 2.75) is 9.92 Å². The molecule has 0 radical (unpaired) electrons. The van der Waals surface area contributed by atoms with E-state index in [-0.39, 0.29) is 0 Å². The zero-order chi connectivity index (χ0) is 11.5. The maximum Gasteiger partial charge on any atom is 0.147 e. The molecule has 0 saturated heterocycles. The largest absolute Gasteiger partial charge is 0.228 e. The molecule has 0 bridgehead atoms. The van der Waals surface area contributed by atoms with Gasteiger partial charge in [0.25, 0.3) is 0 Å². The van der Waals surface area contributed by atoms with Crippen molar-refractivity contribution in [3.63, 3.8) is 0 Å². The van der Waals surface area contributed by atoms with Crippen LogP contribution in [0.5, 0.6) is 0 Å². The molecule has 0 aliphatic rings. The van der Waals surface area contributed by atoms with Crippen molar-refractivity contribution in [2.24, 2.45) is 0 Å². The molecule has 0 fully saturated rings. The number of rotatable bonds is 2. The van der Waals surface area contributed by atoms with Gasteiger partial charge < -0.3 is 0 Å². The molecular formula is C10H5BrCl2N2S. The molecule has 0 unspecified atom stereocenters. The van der Waals surface area contributed by atoms with Crippen molar-refractivity contribution in [2.75, 3.05) is 0 Å². The predicted molar refractivity (Wildman–Crippen MR) is 70.3 cm³/mol. The van der Waals surface area contributed by atoms with E-state index in [1.165, 1.54) is 18.1 Å². The van der Waals surface area contributed by atoms with Crippen LogP contribution in [-0.4, -0.2) is 9.97 Å². The molecule has 16 heavy (non-hydrogen) atoms. The molecule has 1 aromatic heterocycles. The SMILES string of the molecule is Clc1ccccc1Sc1ncnc(Cl)c1Br. The zero-order valence-electron chi connectivity index (χ0n) is 7.82. The highest BCUT2D eigenvalue weighted by Crippen LogP contribution is 2.37. The van der Waals surface area contributed by atoms with Gasteiger partial charge in [0.05, 0.1) is 9.50 Å². The molecule has 0 amide bonds. The molecule has 82 valence electrons. The van der Waals surface area contributed by atoms with Crippen LogP contribution in [0.4, 0.5) is 0 Å². The summed E-state index contributed by atoms with van der Waals surface area (Å²) in [6, 6.07) is 7.56. The summed E-state index contributed by atoms with van der Waals surface area (Å²) in [5.74, 6) is 0. The molecule has 2 nitrogen and oxygen atoms in total. The van der Waals surface area contributed by atoms with Gasteiger partial charge in [-0.2, -0.15) is 0 Å². The normalized spacial score (nSPS) is 10.4. The highest BCUT2D eigenvalue weighted by atomic mass is 79.9. The molecule has 2 aromatic rings. The highest BCUT2D eigenvalue weighted by molar-refractivity contribution is 9.10. The van der Waals surface area contributed by atoms with Crippen LogP contribution in [-0.2, 0) is 0 Å². The Morgan fingerprint density at radius 1 is 1.12 bits per heavy atom. The molecule has 0 N–H and O–H groups in total. The van der Waals surface area contributed by atoms with E-state index < -0.39 is 0 Å². The number of hydrogen-bond donors (Lipinski definition) is 0. The van der Waals surface area contributed by atoms with Crippen LogP contribution < -0.4 is 0 Å². The van der Waals surface area contributed by atoms with Crippen molar-refractivity contribution in [3.8, 4) is 0 Å². The van der Waals surface area contributed by atoms with E-state index in [4.69, 9.17) is 23.2 Å². The van der Waals surface area contributed by atoms with Gasteiger partial charge in [0.15, 0.2) is 0 Å². The molecule has 6 heteroatoms. The Morgan fingerprint density at radius 3 is 2.62 bits per heavy atom. The summed E-state index contributed by atoms with van der Waals surface area (Å²) < 4.78 is 0.682. The van der Waals surface area contributed by atoms with Crippen LogP contribution >= 0.6 is 50.9 Å². The monoisotopic (exact) mass is 334 g/mol. The maximum absolute atomic E-state index is 6.05. The van der Waals surface area contributed by atoms with Gasteiger partial charge in [-0.25, -0.2) is 9.97 Å². The van der Waals surface area contributed by atoms with Crippen LogP contribution in [0.15, 0.2) is 45.0 Å². The number of hydrogen-bond acceptors (Lipinski definition) is 3. The fraction of sp³-hybridized carbons (Fsp3) is 0. The Labute approximate surface area is 116 Å². The van der Waals surface area contributed by atoms with E-state index in [9.17, 15) is 0 Å². The molecule has 0 saturated carbocycles. The Bertz CT molecular complexity index is 522. The average molecular weight is 336 g/mol. The van der Waals surface area contributed by atoms with Crippen LogP contribution in [0.1, 0.15) is 0 Å². The number of benzene rings is 1. The van der Waals surface area contributed by atoms with E-state index in [0.29, 0.717) is 14.6 Å². The first-order valence-corrected chi connectivity index (χ1v) is 6.63. The number of halogens is 3. The summed E-state index contributed by atoms with van der Waals surface area (Å²) in [4.78, 5) is 8.93. The zero-order valence-corrected chi connectivity index (χ0v) is 11.7. The number of aromatic nitrogens is 2. The van der Waals surface area contributed by atoms with E-state index in [1.54, 1.807) is 0 Å². The van der Waals surface area contributed by atoms with Gasteiger partial charge in [-0.05, 0) is 28.1 Å². The third-order valence-electron chi connectivity index (χ3n) is 1.76. The fourth-order valence-corrected chi connectivity index (χ4v) is 2.73. The molecule has 0 spiro atoms. The first-order chi connectivity index (χ1) is 7.68. The average Bonchev–Trinajstić information content (AvgIpc) is 2.28. The Morgan fingerprint density at radius 2 is 1.88 bits per heavy atom. The maximum atomic E-state index is 6.05. The standard InChI is InChI=1S/C10H5BrCl2N2S/c11-8-9(13)14-5-15-10(8)16-7-4-2-1-3-6(7)12/h1-5H. The van der Waals surface area contributed by atoms with Gasteiger partial charge in [-0.15, -0.1) is 0 Å². The third kappa shape index (κ3) is 2.69. The lowest BCUT2D eigenvalue weighted by Crippen LogP contribution is -1.86. The van der Waals surface area contributed by atoms with E-state index in [1.807, 2.05) is 24.3 Å². The van der Waals surface area contributed by atoms with E-state index in [0.717, 1.165) is 9.92 Å². The Balaban J connectivity index is 2.35. The second kappa shape index (κ2) is 5.36. The smallest absolute Gasteiger partial charge is 0.147 e. The lowest BCUT2D eigenvalue weighted by atomic mass is 10.4. The van der Waals surface area contributed by atoms with Crippen LogP contribution in [0.3, 0.4) is 0 Å². The molecule has 2 rings (SSSR count). The Kier molecular flexibility index (Phi) is 4.08. The highest BCUT2D eigenvalue weighted by Gasteiger charge is 2.09. The second-order valence-corrected chi connectivity index (χ2v) is 5.40. The summed E-state index contributed by atoms with van der Waals surface area (Å²) in [6.45, 7) is 0. The van der Waals surface area contributed by atoms with Crippen LogP contribution in [0.25, 0.3) is 0 Å². The summed E-state index contributed by atoms with van der Waals surface area (Å²) in [5.41, 5.74) is 0. The van der Waals surface area contributed by atoms with Crippen molar-refractivity contribution in [1.29, 1.82) is 0 Å². The molecule has 0 aliphatic carbocycles. The van der Waals surface area contributed by atoms with Crippen molar-refractivity contribution >= 4 is 50.9 Å². The lowest BCUT2D eigenvalue weighted by Gasteiger charge is -2.05. The lowest BCUT2D eigenvalue weighted by molar-refractivity contribution is 1.03. The summed E-state index contributed by atoms with van der Waals surface area (Å²) >= 11 is 16.7. The van der Waals surface area contributed by atoms with Gasteiger partial charge >= 0.3 is 0 Å². The van der Waals surface area contributed by atoms with Crippen molar-refractivity contribution in [3.05, 3.63) is 45.2 Å². The van der Waals surface area contributed by atoms with Gasteiger partial charge in [-0.1, -0.05) is 47.1 Å². The topological polar surface area (TPSA) is 25.8 Å². The van der Waals surface area contributed by atoms with Crippen molar-refractivity contribution in [1.82, 2.24) is 9.97 Å². The van der Waals surface area contributed by atoms with Gasteiger partial charge in [0.2, 0.25) is 0 Å². The number of nitrogens with zero attached hydrogens (tertiary/aromatic N) is 2. The summed E-state index contributed by atoms with van der Waals surface area (Å²) in [6.07, 6.45) is 1.42.